The molecule has 0 unspecified atom stereocenters. The molecule has 0 aromatic carbocycles. The Morgan fingerprint density at radius 3 is 3.15 bits per heavy atom. The van der Waals surface area contributed by atoms with Gasteiger partial charge < -0.3 is 4.74 Å². The number of fused-ring (bicyclic) bond motifs is 1. The highest BCUT2D eigenvalue weighted by molar-refractivity contribution is 7.17. The number of nitrogens with one attached hydrogen (secondary N) is 1. The first-order valence-electron chi connectivity index (χ1n) is 6.46. The topological polar surface area (TPSA) is 64.1 Å². The highest BCUT2D eigenvalue weighted by Crippen LogP contribution is 2.33. The summed E-state index contributed by atoms with van der Waals surface area (Å²) >= 11 is 7.09. The fraction of sp³-hybridized carbons (Fsp3) is 0.462. The summed E-state index contributed by atoms with van der Waals surface area (Å²) < 4.78 is 6.87. The van der Waals surface area contributed by atoms with E-state index in [-0.39, 0.29) is 12.0 Å². The molecular formula is C13H14ClN3O2S. The highest BCUT2D eigenvalue weighted by atomic mass is 35.5. The first-order valence-corrected chi connectivity index (χ1v) is 7.72. The van der Waals surface area contributed by atoms with Crippen LogP contribution in [0, 0.1) is 5.92 Å². The minimum absolute atomic E-state index is 0.0511. The molecule has 1 aliphatic carbocycles. The molecule has 0 aliphatic heterocycles. The van der Waals surface area contributed by atoms with E-state index in [0.29, 0.717) is 30.3 Å². The lowest BCUT2D eigenvalue weighted by Crippen LogP contribution is -2.22. The van der Waals surface area contributed by atoms with E-state index in [9.17, 15) is 4.79 Å². The molecular weight excluding hydrogens is 298 g/mol. The number of pyridine rings is 1. The van der Waals surface area contributed by atoms with Crippen molar-refractivity contribution in [3.63, 3.8) is 0 Å². The number of Topliss-reactive ketones (excluding diaryl/α,β-unsaturated/α-hetero) is 1. The number of hydrogen-bond donors (Lipinski definition) is 1. The summed E-state index contributed by atoms with van der Waals surface area (Å²) in [7, 11) is 0. The SMILES string of the molecule is C[C@@H](Oc1nc(NCl)cc2ncsc12)[C@H]1CCC(=O)C1. The Balaban J connectivity index is 1.86. The van der Waals surface area contributed by atoms with Crippen LogP contribution in [0.15, 0.2) is 11.6 Å². The summed E-state index contributed by atoms with van der Waals surface area (Å²) in [6, 6.07) is 1.77. The number of nitrogens with zero attached hydrogens (tertiary/aromatic N) is 2. The van der Waals surface area contributed by atoms with Crippen molar-refractivity contribution in [1.29, 1.82) is 0 Å². The van der Waals surface area contributed by atoms with Gasteiger partial charge in [0.05, 0.1) is 11.0 Å². The summed E-state index contributed by atoms with van der Waals surface area (Å²) in [6.07, 6.45) is 2.09. The lowest BCUT2D eigenvalue weighted by atomic mass is 10.0. The maximum atomic E-state index is 11.4. The second-order valence-corrected chi connectivity index (χ2v) is 6.02. The number of carbonyl (C=O) groups is 1. The van der Waals surface area contributed by atoms with Gasteiger partial charge in [-0.3, -0.25) is 9.63 Å². The molecule has 7 heteroatoms. The molecule has 0 spiro atoms. The van der Waals surface area contributed by atoms with Gasteiger partial charge in [0, 0.05) is 36.6 Å². The number of rotatable bonds is 4. The van der Waals surface area contributed by atoms with E-state index in [1.165, 1.54) is 11.3 Å². The van der Waals surface area contributed by atoms with Gasteiger partial charge in [0.2, 0.25) is 5.88 Å². The van der Waals surface area contributed by atoms with Gasteiger partial charge in [-0.25, -0.2) is 4.98 Å². The molecule has 2 aromatic heterocycles. The van der Waals surface area contributed by atoms with Crippen LogP contribution < -0.4 is 9.57 Å². The van der Waals surface area contributed by atoms with Crippen molar-refractivity contribution >= 4 is 44.9 Å². The van der Waals surface area contributed by atoms with Gasteiger partial charge in [0.25, 0.3) is 0 Å². The minimum Gasteiger partial charge on any atom is -0.473 e. The Kier molecular flexibility index (Phi) is 3.76. The second-order valence-electron chi connectivity index (χ2n) is 4.97. The maximum absolute atomic E-state index is 11.4. The molecule has 2 heterocycles. The Morgan fingerprint density at radius 1 is 1.60 bits per heavy atom. The molecule has 5 nitrogen and oxygen atoms in total. The largest absolute Gasteiger partial charge is 0.473 e. The number of ether oxygens (including phenoxy) is 1. The van der Waals surface area contributed by atoms with Crippen LogP contribution in [0.5, 0.6) is 5.88 Å². The molecule has 1 saturated carbocycles. The van der Waals surface area contributed by atoms with Crippen molar-refractivity contribution in [3.8, 4) is 5.88 Å². The third kappa shape index (κ3) is 2.58. The van der Waals surface area contributed by atoms with E-state index < -0.39 is 0 Å². The molecule has 1 fully saturated rings. The van der Waals surface area contributed by atoms with Gasteiger partial charge in [-0.05, 0) is 13.3 Å². The molecule has 106 valence electrons. The van der Waals surface area contributed by atoms with Crippen molar-refractivity contribution in [2.45, 2.75) is 32.3 Å². The van der Waals surface area contributed by atoms with Crippen LogP contribution in [-0.2, 0) is 4.79 Å². The Morgan fingerprint density at radius 2 is 2.45 bits per heavy atom. The molecule has 0 radical (unpaired) electrons. The normalized spacial score (nSPS) is 20.3. The van der Waals surface area contributed by atoms with Crippen molar-refractivity contribution in [2.24, 2.45) is 5.92 Å². The number of hydrogen-bond acceptors (Lipinski definition) is 6. The predicted molar refractivity (Wildman–Crippen MR) is 79.3 cm³/mol. The average Bonchev–Trinajstić information content (AvgIpc) is 3.06. The van der Waals surface area contributed by atoms with E-state index >= 15 is 0 Å². The van der Waals surface area contributed by atoms with Crippen LogP contribution in [0.4, 0.5) is 5.82 Å². The highest BCUT2D eigenvalue weighted by Gasteiger charge is 2.29. The van der Waals surface area contributed by atoms with E-state index in [1.54, 1.807) is 11.6 Å². The zero-order valence-electron chi connectivity index (χ0n) is 10.9. The Labute approximate surface area is 125 Å². The van der Waals surface area contributed by atoms with Gasteiger partial charge in [0.1, 0.15) is 22.4 Å². The predicted octanol–water partition coefficient (Wildman–Crippen LogP) is 3.39. The number of thiazole rings is 1. The monoisotopic (exact) mass is 311 g/mol. The molecule has 0 saturated heterocycles. The zero-order chi connectivity index (χ0) is 14.1. The third-order valence-corrected chi connectivity index (χ3v) is 4.65. The smallest absolute Gasteiger partial charge is 0.235 e. The molecule has 3 rings (SSSR count). The molecule has 2 aromatic rings. The van der Waals surface area contributed by atoms with Crippen LogP contribution >= 0.6 is 23.1 Å². The van der Waals surface area contributed by atoms with E-state index in [2.05, 4.69) is 14.8 Å². The summed E-state index contributed by atoms with van der Waals surface area (Å²) in [6.45, 7) is 1.98. The Bertz CT molecular complexity index is 646. The summed E-state index contributed by atoms with van der Waals surface area (Å²) in [4.78, 5) is 22.5. The number of halogens is 1. The van der Waals surface area contributed by atoms with Crippen molar-refractivity contribution in [3.05, 3.63) is 11.6 Å². The molecule has 2 atom stereocenters. The van der Waals surface area contributed by atoms with Gasteiger partial charge in [-0.1, -0.05) is 0 Å². The second kappa shape index (κ2) is 5.54. The van der Waals surface area contributed by atoms with Crippen molar-refractivity contribution in [1.82, 2.24) is 9.97 Å². The summed E-state index contributed by atoms with van der Waals surface area (Å²) in [5, 5.41) is 0. The molecule has 0 bridgehead atoms. The van der Waals surface area contributed by atoms with Crippen LogP contribution in [0.2, 0.25) is 0 Å². The van der Waals surface area contributed by atoms with Crippen LogP contribution in [0.1, 0.15) is 26.2 Å². The van der Waals surface area contributed by atoms with Gasteiger partial charge >= 0.3 is 0 Å². The lowest BCUT2D eigenvalue weighted by molar-refractivity contribution is -0.117. The fourth-order valence-electron chi connectivity index (χ4n) is 2.48. The summed E-state index contributed by atoms with van der Waals surface area (Å²) in [5.74, 6) is 1.62. The first-order chi connectivity index (χ1) is 9.67. The van der Waals surface area contributed by atoms with Crippen LogP contribution in [0.3, 0.4) is 0 Å². The standard InChI is InChI=1S/C13H14ClN3O2S/c1-7(8-2-3-9(18)4-8)19-13-12-10(15-6-20-12)5-11(16-13)17-14/h5-8H,2-4H2,1H3,(H,16,17)/t7-,8+/m1/s1. The van der Waals surface area contributed by atoms with Gasteiger partial charge in [0.15, 0.2) is 0 Å². The Hall–Kier alpha value is -1.40. The van der Waals surface area contributed by atoms with Crippen LogP contribution in [0.25, 0.3) is 10.2 Å². The maximum Gasteiger partial charge on any atom is 0.235 e. The minimum atomic E-state index is -0.0511. The van der Waals surface area contributed by atoms with E-state index in [1.807, 2.05) is 6.92 Å². The van der Waals surface area contributed by atoms with Crippen LogP contribution in [-0.4, -0.2) is 21.9 Å². The zero-order valence-corrected chi connectivity index (χ0v) is 12.5. The molecule has 1 N–H and O–H groups in total. The molecule has 0 amide bonds. The third-order valence-electron chi connectivity index (χ3n) is 3.63. The average molecular weight is 312 g/mol. The number of anilines is 1. The quantitative estimate of drug-likeness (QED) is 0.877. The van der Waals surface area contributed by atoms with E-state index in [0.717, 1.165) is 16.6 Å². The van der Waals surface area contributed by atoms with Gasteiger partial charge in [-0.15, -0.1) is 11.3 Å². The number of carbonyl (C=O) groups excluding carboxylic acids is 1. The van der Waals surface area contributed by atoms with Crippen molar-refractivity contribution < 1.29 is 9.53 Å². The summed E-state index contributed by atoms with van der Waals surface area (Å²) in [5.41, 5.74) is 2.55. The number of ketones is 1. The molecule has 1 aliphatic rings. The van der Waals surface area contributed by atoms with Gasteiger partial charge in [-0.2, -0.15) is 4.98 Å². The molecule has 20 heavy (non-hydrogen) atoms. The van der Waals surface area contributed by atoms with Crippen molar-refractivity contribution in [2.75, 3.05) is 4.84 Å². The first kappa shape index (κ1) is 13.6. The lowest BCUT2D eigenvalue weighted by Gasteiger charge is -2.19. The fourth-order valence-corrected chi connectivity index (χ4v) is 3.28. The number of aromatic nitrogens is 2. The van der Waals surface area contributed by atoms with E-state index in [4.69, 9.17) is 16.5 Å².